The van der Waals surface area contributed by atoms with Gasteiger partial charge in [-0.2, -0.15) is 4.39 Å². The molecular formula is C26H28F2N6O2. The first-order valence-electron chi connectivity index (χ1n) is 12.3. The third-order valence-corrected chi connectivity index (χ3v) is 6.67. The molecule has 3 aromatic rings. The molecule has 2 aromatic heterocycles. The Morgan fingerprint density at radius 2 is 2.03 bits per heavy atom. The van der Waals surface area contributed by atoms with Gasteiger partial charge in [-0.1, -0.05) is 6.92 Å². The zero-order valence-electron chi connectivity index (χ0n) is 20.0. The third kappa shape index (κ3) is 4.86. The summed E-state index contributed by atoms with van der Waals surface area (Å²) in [7, 11) is 0. The zero-order valence-corrected chi connectivity index (χ0v) is 20.0. The summed E-state index contributed by atoms with van der Waals surface area (Å²) < 4.78 is 35.8. The predicted molar refractivity (Wildman–Crippen MR) is 132 cm³/mol. The molecule has 0 saturated carbocycles. The molecule has 2 unspecified atom stereocenters. The van der Waals surface area contributed by atoms with Crippen molar-refractivity contribution in [1.82, 2.24) is 20.3 Å². The molecule has 2 aliphatic heterocycles. The Kier molecular flexibility index (Phi) is 7.04. The van der Waals surface area contributed by atoms with E-state index in [2.05, 4.69) is 25.6 Å². The average Bonchev–Trinajstić information content (AvgIpc) is 3.28. The van der Waals surface area contributed by atoms with E-state index in [1.165, 1.54) is 23.2 Å². The predicted octanol–water partition coefficient (Wildman–Crippen LogP) is 4.54. The second kappa shape index (κ2) is 10.5. The molecule has 8 nitrogen and oxygen atoms in total. The number of anilines is 2. The van der Waals surface area contributed by atoms with Crippen molar-refractivity contribution in [1.29, 1.82) is 0 Å². The molecule has 2 atom stereocenters. The quantitative estimate of drug-likeness (QED) is 0.498. The van der Waals surface area contributed by atoms with Gasteiger partial charge in [0.1, 0.15) is 0 Å². The van der Waals surface area contributed by atoms with Crippen LogP contribution in [0.5, 0.6) is 11.6 Å². The minimum atomic E-state index is -1.17. The van der Waals surface area contributed by atoms with E-state index in [9.17, 15) is 4.79 Å². The number of nitrogens with one attached hydrogen (secondary N) is 2. The lowest BCUT2D eigenvalue weighted by atomic mass is 10.1. The number of carbonyl (C=O) groups excluding carboxylic acids is 1. The first kappa shape index (κ1) is 24.1. The van der Waals surface area contributed by atoms with Gasteiger partial charge in [0.25, 0.3) is 0 Å². The number of nitrogens with zero attached hydrogens (tertiary/aromatic N) is 4. The molecule has 1 aromatic carbocycles. The SMILES string of the molecule is CCC1CCN(c2ccc(Oc3ncccc3-c3ccnc(NC4CCCNC4)n3)c(F)c2F)C1=O. The maximum atomic E-state index is 15.1. The summed E-state index contributed by atoms with van der Waals surface area (Å²) in [6.07, 6.45) is 6.52. The lowest BCUT2D eigenvalue weighted by molar-refractivity contribution is -0.120. The van der Waals surface area contributed by atoms with Gasteiger partial charge in [-0.15, -0.1) is 0 Å². The van der Waals surface area contributed by atoms with Crippen molar-refractivity contribution in [2.75, 3.05) is 29.9 Å². The van der Waals surface area contributed by atoms with Gasteiger partial charge >= 0.3 is 0 Å². The molecule has 2 aliphatic rings. The third-order valence-electron chi connectivity index (χ3n) is 6.67. The van der Waals surface area contributed by atoms with Gasteiger partial charge in [0.15, 0.2) is 11.6 Å². The van der Waals surface area contributed by atoms with E-state index < -0.39 is 11.6 Å². The normalized spacial score (nSPS) is 20.0. The minimum Gasteiger partial charge on any atom is -0.435 e. The van der Waals surface area contributed by atoms with E-state index in [4.69, 9.17) is 4.74 Å². The second-order valence-corrected chi connectivity index (χ2v) is 9.01. The fourth-order valence-electron chi connectivity index (χ4n) is 4.67. The Hall–Kier alpha value is -3.66. The maximum absolute atomic E-state index is 15.1. The van der Waals surface area contributed by atoms with E-state index in [-0.39, 0.29) is 35.2 Å². The number of ether oxygens (including phenoxy) is 1. The number of aromatic nitrogens is 3. The highest BCUT2D eigenvalue weighted by Gasteiger charge is 2.33. The first-order chi connectivity index (χ1) is 17.5. The fraction of sp³-hybridized carbons (Fsp3) is 0.385. The molecule has 0 spiro atoms. The van der Waals surface area contributed by atoms with Gasteiger partial charge in [0.2, 0.25) is 23.6 Å². The Labute approximate surface area is 208 Å². The van der Waals surface area contributed by atoms with Crippen LogP contribution < -0.4 is 20.3 Å². The van der Waals surface area contributed by atoms with E-state index in [1.807, 2.05) is 6.92 Å². The number of benzene rings is 1. The van der Waals surface area contributed by atoms with Crippen molar-refractivity contribution in [3.63, 3.8) is 0 Å². The lowest BCUT2D eigenvalue weighted by Crippen LogP contribution is -2.38. The lowest BCUT2D eigenvalue weighted by Gasteiger charge is -2.23. The van der Waals surface area contributed by atoms with E-state index in [0.717, 1.165) is 25.9 Å². The Bertz CT molecular complexity index is 1250. The Balaban J connectivity index is 1.39. The van der Waals surface area contributed by atoms with Gasteiger partial charge in [-0.3, -0.25) is 4.79 Å². The highest BCUT2D eigenvalue weighted by molar-refractivity contribution is 5.97. The van der Waals surface area contributed by atoms with Gasteiger partial charge < -0.3 is 20.3 Å². The molecule has 1 amide bonds. The molecule has 2 N–H and O–H groups in total. The number of amides is 1. The molecule has 36 heavy (non-hydrogen) atoms. The van der Waals surface area contributed by atoms with E-state index >= 15 is 8.78 Å². The highest BCUT2D eigenvalue weighted by Crippen LogP contribution is 2.36. The summed E-state index contributed by atoms with van der Waals surface area (Å²) >= 11 is 0. The molecular weight excluding hydrogens is 466 g/mol. The standard InChI is InChI=1S/C26H28F2N6O2/c1-2-16-10-14-34(25(16)35)20-7-8-21(23(28)22(20)27)36-24-18(6-4-12-30-24)19-9-13-31-26(33-19)32-17-5-3-11-29-15-17/h4,6-9,12-13,16-17,29H,2-3,5,10-11,14-15H2,1H3,(H,31,32,33). The largest absolute Gasteiger partial charge is 0.435 e. The molecule has 4 heterocycles. The molecule has 188 valence electrons. The summed E-state index contributed by atoms with van der Waals surface area (Å²) in [6, 6.07) is 8.08. The summed E-state index contributed by atoms with van der Waals surface area (Å²) in [5.74, 6) is -2.42. The van der Waals surface area contributed by atoms with Gasteiger partial charge in [0.05, 0.1) is 16.9 Å². The van der Waals surface area contributed by atoms with Crippen LogP contribution in [0.4, 0.5) is 20.4 Å². The van der Waals surface area contributed by atoms with Crippen LogP contribution in [0, 0.1) is 17.6 Å². The zero-order chi connectivity index (χ0) is 25.1. The number of hydrogen-bond acceptors (Lipinski definition) is 7. The molecule has 10 heteroatoms. The summed E-state index contributed by atoms with van der Waals surface area (Å²) in [5.41, 5.74) is 0.963. The number of rotatable bonds is 7. The number of piperidine rings is 1. The molecule has 5 rings (SSSR count). The number of pyridine rings is 1. The Morgan fingerprint density at radius 1 is 1.14 bits per heavy atom. The van der Waals surface area contributed by atoms with E-state index in [0.29, 0.717) is 36.6 Å². The van der Waals surface area contributed by atoms with Gasteiger partial charge in [-0.25, -0.2) is 19.3 Å². The average molecular weight is 495 g/mol. The van der Waals surface area contributed by atoms with Crippen LogP contribution in [0.2, 0.25) is 0 Å². The van der Waals surface area contributed by atoms with Gasteiger partial charge in [-0.05, 0) is 62.6 Å². The van der Waals surface area contributed by atoms with E-state index in [1.54, 1.807) is 24.4 Å². The van der Waals surface area contributed by atoms with Crippen LogP contribution >= 0.6 is 0 Å². The van der Waals surface area contributed by atoms with Crippen molar-refractivity contribution in [2.45, 2.75) is 38.6 Å². The monoisotopic (exact) mass is 494 g/mol. The van der Waals surface area contributed by atoms with Crippen molar-refractivity contribution in [2.24, 2.45) is 5.92 Å². The summed E-state index contributed by atoms with van der Waals surface area (Å²) in [4.78, 5) is 26.9. The number of hydrogen-bond donors (Lipinski definition) is 2. The van der Waals surface area contributed by atoms with Crippen LogP contribution in [0.25, 0.3) is 11.3 Å². The second-order valence-electron chi connectivity index (χ2n) is 9.01. The molecule has 0 radical (unpaired) electrons. The molecule has 0 aliphatic carbocycles. The van der Waals surface area contributed by atoms with Gasteiger partial charge in [0, 0.05) is 37.4 Å². The molecule has 2 fully saturated rings. The number of carbonyl (C=O) groups is 1. The topological polar surface area (TPSA) is 92.3 Å². The van der Waals surface area contributed by atoms with Crippen LogP contribution in [0.3, 0.4) is 0 Å². The van der Waals surface area contributed by atoms with Crippen LogP contribution in [0.1, 0.15) is 32.6 Å². The number of halogens is 2. The minimum absolute atomic E-state index is 0.0780. The molecule has 2 saturated heterocycles. The maximum Gasteiger partial charge on any atom is 0.230 e. The van der Waals surface area contributed by atoms with Crippen molar-refractivity contribution < 1.29 is 18.3 Å². The Morgan fingerprint density at radius 3 is 2.81 bits per heavy atom. The van der Waals surface area contributed by atoms with Crippen LogP contribution in [-0.4, -0.2) is 46.5 Å². The van der Waals surface area contributed by atoms with Crippen molar-refractivity contribution in [3.05, 3.63) is 54.4 Å². The first-order valence-corrected chi connectivity index (χ1v) is 12.3. The summed E-state index contributed by atoms with van der Waals surface area (Å²) in [6.45, 7) is 4.10. The summed E-state index contributed by atoms with van der Waals surface area (Å²) in [5, 5.41) is 6.67. The highest BCUT2D eigenvalue weighted by atomic mass is 19.2. The molecule has 0 bridgehead atoms. The van der Waals surface area contributed by atoms with Crippen molar-refractivity contribution in [3.8, 4) is 22.9 Å². The fourth-order valence-corrected chi connectivity index (χ4v) is 4.67. The van der Waals surface area contributed by atoms with Crippen molar-refractivity contribution >= 4 is 17.5 Å². The smallest absolute Gasteiger partial charge is 0.230 e. The van der Waals surface area contributed by atoms with Crippen LogP contribution in [-0.2, 0) is 4.79 Å². The van der Waals surface area contributed by atoms with Crippen LogP contribution in [0.15, 0.2) is 42.7 Å².